The number of aliphatic hydroxyl groups is 1. The van der Waals surface area contributed by atoms with Crippen molar-refractivity contribution in [1.82, 2.24) is 0 Å². The molecule has 0 aromatic rings. The minimum atomic E-state index is -3.35. The molecule has 152 valence electrons. The van der Waals surface area contributed by atoms with Crippen molar-refractivity contribution in [1.29, 1.82) is 0 Å². The first-order chi connectivity index (χ1) is 12.5. The van der Waals surface area contributed by atoms with Crippen molar-refractivity contribution >= 4 is 9.84 Å². The van der Waals surface area contributed by atoms with Gasteiger partial charge in [-0.25, -0.2) is 8.42 Å². The Hall–Kier alpha value is -0.970. The molecule has 3 fully saturated rings. The van der Waals surface area contributed by atoms with Crippen LogP contribution in [0.15, 0.2) is 23.7 Å². The van der Waals surface area contributed by atoms with Crippen LogP contribution in [0.1, 0.15) is 59.8 Å². The lowest BCUT2D eigenvalue weighted by molar-refractivity contribution is -0.141. The van der Waals surface area contributed by atoms with Gasteiger partial charge in [-0.3, -0.25) is 0 Å². The highest BCUT2D eigenvalue weighted by Gasteiger charge is 2.66. The number of sulfone groups is 1. The lowest BCUT2D eigenvalue weighted by Gasteiger charge is -2.66. The molecular formula is C22H34O4S. The van der Waals surface area contributed by atoms with E-state index >= 15 is 0 Å². The van der Waals surface area contributed by atoms with Gasteiger partial charge in [0.15, 0.2) is 9.84 Å². The standard InChI is InChI=1S/C22H34O4S/c1-20(2)8-6-9-21(3)17(20)7-10-22(4)18(21)13-27(24,25)16-12-14(23)11-15(26-5)19(16)22/h11-12,16-19,23H,6-10,13H2,1-5H3/t16?,17-,18+,19?,21-,22+/m0/s1. The molecule has 4 aliphatic rings. The summed E-state index contributed by atoms with van der Waals surface area (Å²) in [5, 5.41) is 9.44. The van der Waals surface area contributed by atoms with Gasteiger partial charge in [0.25, 0.3) is 0 Å². The van der Waals surface area contributed by atoms with Crippen molar-refractivity contribution in [3.8, 4) is 0 Å². The van der Waals surface area contributed by atoms with Crippen molar-refractivity contribution in [2.75, 3.05) is 12.9 Å². The van der Waals surface area contributed by atoms with Gasteiger partial charge in [0.1, 0.15) is 11.5 Å². The molecule has 2 saturated carbocycles. The van der Waals surface area contributed by atoms with E-state index in [9.17, 15) is 13.5 Å². The van der Waals surface area contributed by atoms with Crippen molar-refractivity contribution in [2.45, 2.75) is 65.0 Å². The molecule has 0 bridgehead atoms. The van der Waals surface area contributed by atoms with Crippen LogP contribution >= 0.6 is 0 Å². The van der Waals surface area contributed by atoms with E-state index in [0.717, 1.165) is 19.3 Å². The summed E-state index contributed by atoms with van der Waals surface area (Å²) in [7, 11) is -1.76. The molecular weight excluding hydrogens is 360 g/mol. The zero-order valence-corrected chi connectivity index (χ0v) is 18.1. The topological polar surface area (TPSA) is 63.6 Å². The molecule has 2 unspecified atom stereocenters. The Morgan fingerprint density at radius 2 is 1.78 bits per heavy atom. The Balaban J connectivity index is 1.86. The molecule has 1 N–H and O–H groups in total. The maximum atomic E-state index is 13.4. The summed E-state index contributed by atoms with van der Waals surface area (Å²) in [6, 6.07) is 0. The summed E-state index contributed by atoms with van der Waals surface area (Å²) in [6.45, 7) is 9.40. The molecule has 6 atom stereocenters. The number of allylic oxidation sites excluding steroid dienone is 2. The van der Waals surface area contributed by atoms with Crippen molar-refractivity contribution in [3.05, 3.63) is 23.7 Å². The van der Waals surface area contributed by atoms with Crippen LogP contribution in [0.3, 0.4) is 0 Å². The van der Waals surface area contributed by atoms with Crippen LogP contribution in [0.2, 0.25) is 0 Å². The van der Waals surface area contributed by atoms with Crippen molar-refractivity contribution < 1.29 is 18.3 Å². The van der Waals surface area contributed by atoms with Gasteiger partial charge in [-0.15, -0.1) is 0 Å². The normalized spacial score (nSPS) is 47.6. The van der Waals surface area contributed by atoms with Crippen LogP contribution in [0.5, 0.6) is 0 Å². The van der Waals surface area contributed by atoms with Crippen LogP contribution in [0, 0.1) is 34.0 Å². The predicted molar refractivity (Wildman–Crippen MR) is 107 cm³/mol. The highest BCUT2D eigenvalue weighted by atomic mass is 32.2. The van der Waals surface area contributed by atoms with Gasteiger partial charge in [-0.05, 0) is 59.8 Å². The minimum Gasteiger partial charge on any atom is -0.508 e. The molecule has 0 spiro atoms. The van der Waals surface area contributed by atoms with Crippen molar-refractivity contribution in [3.63, 3.8) is 0 Å². The maximum Gasteiger partial charge on any atom is 0.157 e. The predicted octanol–water partition coefficient (Wildman–Crippen LogP) is 4.63. The van der Waals surface area contributed by atoms with Crippen LogP contribution in [0.25, 0.3) is 0 Å². The third kappa shape index (κ3) is 2.56. The van der Waals surface area contributed by atoms with Crippen LogP contribution < -0.4 is 0 Å². The molecule has 3 aliphatic carbocycles. The number of fused-ring (bicyclic) bond motifs is 5. The zero-order valence-electron chi connectivity index (χ0n) is 17.3. The fourth-order valence-corrected chi connectivity index (χ4v) is 10.3. The average Bonchev–Trinajstić information content (AvgIpc) is 2.55. The lowest BCUT2D eigenvalue weighted by atomic mass is 9.41. The number of methoxy groups -OCH3 is 1. The molecule has 4 nitrogen and oxygen atoms in total. The number of hydrogen-bond donors (Lipinski definition) is 1. The molecule has 0 aromatic carbocycles. The van der Waals surface area contributed by atoms with E-state index in [4.69, 9.17) is 4.74 Å². The number of ether oxygens (including phenoxy) is 1. The second-order valence-electron chi connectivity index (χ2n) is 10.6. The van der Waals surface area contributed by atoms with E-state index in [1.807, 2.05) is 0 Å². The van der Waals surface area contributed by atoms with E-state index in [0.29, 0.717) is 11.7 Å². The number of rotatable bonds is 1. The van der Waals surface area contributed by atoms with E-state index < -0.39 is 15.1 Å². The molecule has 0 amide bonds. The fraction of sp³-hybridized carbons (Fsp3) is 0.818. The second kappa shape index (κ2) is 5.77. The largest absolute Gasteiger partial charge is 0.508 e. The smallest absolute Gasteiger partial charge is 0.157 e. The Bertz CT molecular complexity index is 808. The van der Waals surface area contributed by atoms with E-state index in [1.54, 1.807) is 19.3 Å². The molecule has 27 heavy (non-hydrogen) atoms. The summed E-state index contributed by atoms with van der Waals surface area (Å²) in [5.41, 5.74) is 0.169. The highest BCUT2D eigenvalue weighted by Crippen LogP contribution is 2.69. The lowest BCUT2D eigenvalue weighted by Crippen LogP contribution is -2.64. The SMILES string of the molecule is COC1=CC(O)=CC2C1[C@]1(C)CC[C@H]3C(C)(C)CCC[C@]3(C)[C@H]1CS2(=O)=O. The number of aliphatic hydroxyl groups excluding tert-OH is 1. The summed E-state index contributed by atoms with van der Waals surface area (Å²) in [5.74, 6) is 1.36. The van der Waals surface area contributed by atoms with E-state index in [1.165, 1.54) is 12.8 Å². The van der Waals surface area contributed by atoms with Gasteiger partial charge in [0.2, 0.25) is 0 Å². The Kier molecular flexibility index (Phi) is 4.14. The molecule has 0 aromatic heterocycles. The molecule has 4 rings (SSSR count). The highest BCUT2D eigenvalue weighted by molar-refractivity contribution is 7.92. The van der Waals surface area contributed by atoms with Gasteiger partial charge in [0.05, 0.1) is 18.1 Å². The number of hydrogen-bond acceptors (Lipinski definition) is 4. The average molecular weight is 395 g/mol. The summed E-state index contributed by atoms with van der Waals surface area (Å²) in [6.07, 6.45) is 8.86. The van der Waals surface area contributed by atoms with Crippen LogP contribution in [0.4, 0.5) is 0 Å². The van der Waals surface area contributed by atoms with Crippen LogP contribution in [-0.4, -0.2) is 31.6 Å². The van der Waals surface area contributed by atoms with E-state index in [2.05, 4.69) is 27.7 Å². The zero-order chi connectivity index (χ0) is 19.8. The Morgan fingerprint density at radius 1 is 1.07 bits per heavy atom. The van der Waals surface area contributed by atoms with E-state index in [-0.39, 0.29) is 39.6 Å². The second-order valence-corrected chi connectivity index (χ2v) is 12.8. The van der Waals surface area contributed by atoms with Gasteiger partial charge in [-0.1, -0.05) is 34.1 Å². The third-order valence-electron chi connectivity index (χ3n) is 8.86. The molecule has 0 radical (unpaired) electrons. The first-order valence-corrected chi connectivity index (χ1v) is 12.1. The molecule has 1 heterocycles. The third-order valence-corrected chi connectivity index (χ3v) is 10.9. The first kappa shape index (κ1) is 19.4. The van der Waals surface area contributed by atoms with Crippen molar-refractivity contribution in [2.24, 2.45) is 34.0 Å². The first-order valence-electron chi connectivity index (χ1n) is 10.3. The molecule has 5 heteroatoms. The monoisotopic (exact) mass is 394 g/mol. The molecule has 1 aliphatic heterocycles. The summed E-state index contributed by atoms with van der Waals surface area (Å²) in [4.78, 5) is 0. The Labute approximate surface area is 164 Å². The maximum absolute atomic E-state index is 13.4. The summed E-state index contributed by atoms with van der Waals surface area (Å²) >= 11 is 0. The fourth-order valence-electron chi connectivity index (χ4n) is 7.69. The van der Waals surface area contributed by atoms with Gasteiger partial charge < -0.3 is 9.84 Å². The van der Waals surface area contributed by atoms with Gasteiger partial charge in [-0.2, -0.15) is 0 Å². The minimum absolute atomic E-state index is 0.0115. The van der Waals surface area contributed by atoms with Gasteiger partial charge in [0, 0.05) is 12.0 Å². The van der Waals surface area contributed by atoms with Gasteiger partial charge >= 0.3 is 0 Å². The van der Waals surface area contributed by atoms with Crippen LogP contribution in [-0.2, 0) is 14.6 Å². The quantitative estimate of drug-likeness (QED) is 0.704. The molecule has 1 saturated heterocycles. The summed E-state index contributed by atoms with van der Waals surface area (Å²) < 4.78 is 32.4. The Morgan fingerprint density at radius 3 is 2.44 bits per heavy atom.